The van der Waals surface area contributed by atoms with Crippen LogP contribution in [0.5, 0.6) is 0 Å². The SMILES string of the molecule is C=CC(=O)N1CCN(c2nc(N3CC(N(C)C)C3)nc3c2NC(=O)C2(CCCc4ccccc42)C3)CC1CN. The largest absolute Gasteiger partial charge is 0.351 e. The maximum atomic E-state index is 14.0. The highest BCUT2D eigenvalue weighted by Crippen LogP contribution is 2.46. The van der Waals surface area contributed by atoms with Crippen LogP contribution >= 0.6 is 0 Å². The van der Waals surface area contributed by atoms with Crippen molar-refractivity contribution in [3.05, 3.63) is 53.7 Å². The maximum Gasteiger partial charge on any atom is 0.246 e. The quantitative estimate of drug-likeness (QED) is 0.554. The molecule has 1 aliphatic carbocycles. The Morgan fingerprint density at radius 1 is 1.21 bits per heavy atom. The van der Waals surface area contributed by atoms with Crippen LogP contribution in [0.2, 0.25) is 0 Å². The molecule has 1 aromatic heterocycles. The van der Waals surface area contributed by atoms with Crippen molar-refractivity contribution in [3.63, 3.8) is 0 Å². The maximum absolute atomic E-state index is 14.0. The van der Waals surface area contributed by atoms with Crippen molar-refractivity contribution in [2.24, 2.45) is 5.73 Å². The van der Waals surface area contributed by atoms with Crippen molar-refractivity contribution in [1.82, 2.24) is 19.8 Å². The van der Waals surface area contributed by atoms with Crippen molar-refractivity contribution in [2.75, 3.05) is 68.5 Å². The van der Waals surface area contributed by atoms with Crippen LogP contribution in [0.15, 0.2) is 36.9 Å². The number of hydrogen-bond acceptors (Lipinski definition) is 8. The van der Waals surface area contributed by atoms with E-state index in [4.69, 9.17) is 15.7 Å². The normalized spacial score (nSPS) is 24.8. The van der Waals surface area contributed by atoms with Crippen molar-refractivity contribution < 1.29 is 9.59 Å². The Kier molecular flexibility index (Phi) is 6.55. The van der Waals surface area contributed by atoms with Crippen LogP contribution in [0, 0.1) is 0 Å². The summed E-state index contributed by atoms with van der Waals surface area (Å²) in [5.74, 6) is 1.33. The summed E-state index contributed by atoms with van der Waals surface area (Å²) in [7, 11) is 4.19. The van der Waals surface area contributed by atoms with Gasteiger partial charge in [-0.25, -0.2) is 4.98 Å². The van der Waals surface area contributed by atoms with Gasteiger partial charge in [-0.05, 0) is 50.6 Å². The lowest BCUT2D eigenvalue weighted by atomic mass is 9.65. The molecule has 0 saturated carbocycles. The number of likely N-dealkylation sites (N-methyl/N-ethyl adjacent to an activating group) is 1. The predicted octanol–water partition coefficient (Wildman–Crippen LogP) is 1.16. The van der Waals surface area contributed by atoms with Gasteiger partial charge < -0.3 is 30.7 Å². The highest BCUT2D eigenvalue weighted by atomic mass is 16.2. The highest BCUT2D eigenvalue weighted by molar-refractivity contribution is 6.04. The molecule has 2 unspecified atom stereocenters. The van der Waals surface area contributed by atoms with Crippen LogP contribution in [0.25, 0.3) is 0 Å². The second-order valence-electron chi connectivity index (χ2n) is 11.5. The average Bonchev–Trinajstić information content (AvgIpc) is 2.92. The number of aryl methyl sites for hydroxylation is 1. The summed E-state index contributed by atoms with van der Waals surface area (Å²) in [5.41, 5.74) is 9.44. The van der Waals surface area contributed by atoms with E-state index in [1.165, 1.54) is 11.6 Å². The van der Waals surface area contributed by atoms with Gasteiger partial charge in [-0.3, -0.25) is 9.59 Å². The zero-order valence-corrected chi connectivity index (χ0v) is 22.9. The van der Waals surface area contributed by atoms with Crippen LogP contribution in [0.3, 0.4) is 0 Å². The molecule has 10 nitrogen and oxygen atoms in total. The summed E-state index contributed by atoms with van der Waals surface area (Å²) in [6.45, 7) is 7.33. The molecule has 2 atom stereocenters. The van der Waals surface area contributed by atoms with Crippen molar-refractivity contribution in [3.8, 4) is 0 Å². The van der Waals surface area contributed by atoms with E-state index in [9.17, 15) is 9.59 Å². The predicted molar refractivity (Wildman–Crippen MR) is 152 cm³/mol. The number of piperazine rings is 1. The first kappa shape index (κ1) is 25.8. The Bertz CT molecular complexity index is 1310. The van der Waals surface area contributed by atoms with Crippen molar-refractivity contribution in [2.45, 2.75) is 43.2 Å². The lowest BCUT2D eigenvalue weighted by Crippen LogP contribution is -2.59. The van der Waals surface area contributed by atoms with Gasteiger partial charge in [0.05, 0.1) is 17.2 Å². The van der Waals surface area contributed by atoms with Gasteiger partial charge in [0.15, 0.2) is 5.82 Å². The lowest BCUT2D eigenvalue weighted by molar-refractivity contribution is -0.128. The number of carbonyl (C=O) groups excluding carboxylic acids is 2. The third kappa shape index (κ3) is 4.26. The van der Waals surface area contributed by atoms with Gasteiger partial charge in [0, 0.05) is 51.7 Å². The van der Waals surface area contributed by atoms with Crippen molar-refractivity contribution in [1.29, 1.82) is 0 Å². The highest BCUT2D eigenvalue weighted by Gasteiger charge is 2.48. The topological polar surface area (TPSA) is 111 Å². The standard InChI is InChI=1S/C29H38N8O2/c1-4-24(38)37-13-12-35(16-20(37)15-30)26-25-23(31-28(33-26)36-17-21(18-36)34(2)3)14-29(27(39)32-25)11-7-9-19-8-5-6-10-22(19)29/h4-6,8,10,20-21H,1,7,9,11-18,30H2,2-3H3,(H,32,39). The first-order chi connectivity index (χ1) is 18.8. The molecule has 0 radical (unpaired) electrons. The van der Waals surface area contributed by atoms with E-state index in [0.29, 0.717) is 50.3 Å². The summed E-state index contributed by atoms with van der Waals surface area (Å²) >= 11 is 0. The molecule has 3 aliphatic heterocycles. The third-order valence-electron chi connectivity index (χ3n) is 9.07. The zero-order valence-electron chi connectivity index (χ0n) is 22.9. The summed E-state index contributed by atoms with van der Waals surface area (Å²) in [5, 5.41) is 3.27. The molecular weight excluding hydrogens is 492 g/mol. The fourth-order valence-electron chi connectivity index (χ4n) is 6.65. The van der Waals surface area contributed by atoms with Crippen LogP contribution in [-0.4, -0.2) is 97.0 Å². The fraction of sp³-hybridized carbons (Fsp3) is 0.517. The smallest absolute Gasteiger partial charge is 0.246 e. The van der Waals surface area contributed by atoms with Gasteiger partial charge in [-0.2, -0.15) is 4.98 Å². The monoisotopic (exact) mass is 530 g/mol. The van der Waals surface area contributed by atoms with Gasteiger partial charge in [0.2, 0.25) is 17.8 Å². The van der Waals surface area contributed by atoms with E-state index in [-0.39, 0.29) is 17.9 Å². The average molecular weight is 531 g/mol. The van der Waals surface area contributed by atoms with Gasteiger partial charge in [0.1, 0.15) is 5.69 Å². The molecule has 10 heteroatoms. The molecule has 4 aliphatic rings. The van der Waals surface area contributed by atoms with Gasteiger partial charge in [-0.15, -0.1) is 0 Å². The zero-order chi connectivity index (χ0) is 27.3. The van der Waals surface area contributed by atoms with Gasteiger partial charge >= 0.3 is 0 Å². The molecule has 2 aromatic rings. The number of aromatic nitrogens is 2. The summed E-state index contributed by atoms with van der Waals surface area (Å²) in [6.07, 6.45) is 4.66. The molecule has 6 rings (SSSR count). The number of carbonyl (C=O) groups is 2. The first-order valence-corrected chi connectivity index (χ1v) is 13.9. The number of hydrogen-bond donors (Lipinski definition) is 2. The Morgan fingerprint density at radius 3 is 2.74 bits per heavy atom. The fourth-order valence-corrected chi connectivity index (χ4v) is 6.65. The number of anilines is 3. The molecule has 1 aromatic carbocycles. The second kappa shape index (κ2) is 9.91. The van der Waals surface area contributed by atoms with Crippen LogP contribution in [-0.2, 0) is 27.8 Å². The first-order valence-electron chi connectivity index (χ1n) is 13.9. The van der Waals surface area contributed by atoms with E-state index in [0.717, 1.165) is 49.4 Å². The van der Waals surface area contributed by atoms with E-state index in [2.05, 4.69) is 58.9 Å². The summed E-state index contributed by atoms with van der Waals surface area (Å²) < 4.78 is 0. The Hall–Kier alpha value is -3.50. The molecule has 2 fully saturated rings. The Balaban J connectivity index is 1.40. The molecule has 0 bridgehead atoms. The van der Waals surface area contributed by atoms with Crippen molar-refractivity contribution >= 4 is 29.3 Å². The molecule has 2 saturated heterocycles. The minimum atomic E-state index is -0.624. The second-order valence-corrected chi connectivity index (χ2v) is 11.5. The molecule has 2 amide bonds. The van der Waals surface area contributed by atoms with Crippen LogP contribution in [0.4, 0.5) is 17.5 Å². The number of nitrogens with one attached hydrogen (secondary N) is 1. The van der Waals surface area contributed by atoms with Crippen LogP contribution < -0.4 is 20.9 Å². The third-order valence-corrected chi connectivity index (χ3v) is 9.07. The molecular formula is C29H38N8O2. The minimum absolute atomic E-state index is 0.0206. The van der Waals surface area contributed by atoms with Gasteiger partial charge in [0.25, 0.3) is 0 Å². The van der Waals surface area contributed by atoms with E-state index >= 15 is 0 Å². The van der Waals surface area contributed by atoms with Crippen LogP contribution in [0.1, 0.15) is 29.7 Å². The number of benzene rings is 1. The number of nitrogens with zero attached hydrogens (tertiary/aromatic N) is 6. The molecule has 39 heavy (non-hydrogen) atoms. The minimum Gasteiger partial charge on any atom is -0.351 e. The summed E-state index contributed by atoms with van der Waals surface area (Å²) in [4.78, 5) is 44.9. The molecule has 4 heterocycles. The lowest BCUT2D eigenvalue weighted by Gasteiger charge is -2.46. The number of nitrogens with two attached hydrogens (primary N) is 1. The summed E-state index contributed by atoms with van der Waals surface area (Å²) in [6, 6.07) is 8.63. The molecule has 206 valence electrons. The number of fused-ring (bicyclic) bond motifs is 3. The number of rotatable bonds is 5. The Labute approximate surface area is 229 Å². The van der Waals surface area contributed by atoms with E-state index in [1.54, 1.807) is 4.90 Å². The number of amides is 2. The Morgan fingerprint density at radius 2 is 2.00 bits per heavy atom. The molecule has 3 N–H and O–H groups in total. The molecule has 1 spiro atoms. The van der Waals surface area contributed by atoms with E-state index < -0.39 is 5.41 Å². The van der Waals surface area contributed by atoms with Gasteiger partial charge in [-0.1, -0.05) is 30.8 Å². The van der Waals surface area contributed by atoms with E-state index in [1.807, 2.05) is 6.07 Å².